The summed E-state index contributed by atoms with van der Waals surface area (Å²) in [6, 6.07) is 13.2. The van der Waals surface area contributed by atoms with Gasteiger partial charge in [0.15, 0.2) is 0 Å². The number of imidazole rings is 1. The topological polar surface area (TPSA) is 103 Å². The highest BCUT2D eigenvalue weighted by Gasteiger charge is 2.35. The van der Waals surface area contributed by atoms with E-state index in [1.165, 1.54) is 19.4 Å². The fourth-order valence-electron chi connectivity index (χ4n) is 3.00. The average molecular weight is 352 g/mol. The summed E-state index contributed by atoms with van der Waals surface area (Å²) in [6.07, 6.45) is 1.41. The second kappa shape index (κ2) is 6.63. The van der Waals surface area contributed by atoms with Crippen LogP contribution in [0.4, 0.5) is 0 Å². The number of aromatic nitrogens is 2. The van der Waals surface area contributed by atoms with Gasteiger partial charge in [0.2, 0.25) is 0 Å². The second-order valence-corrected chi connectivity index (χ2v) is 6.79. The standard InChI is InChI=1S/C20H20N2O4/c1-20(2,19(25)26)13-9-10-14-17(16(13)18(23)24)22-15(21-14)11-8-12-6-4-3-5-7-12/h3-7,9-10H,8,11H2,1-2H3,(H,21,22)(H,23,24)(H,25,26). The fraction of sp³-hybridized carbons (Fsp3) is 0.250. The van der Waals surface area contributed by atoms with Crippen LogP contribution in [0, 0.1) is 0 Å². The molecule has 3 N–H and O–H groups in total. The first-order valence-electron chi connectivity index (χ1n) is 8.33. The molecule has 1 aromatic heterocycles. The zero-order chi connectivity index (χ0) is 18.9. The Kier molecular flexibility index (Phi) is 4.50. The van der Waals surface area contributed by atoms with Crippen LogP contribution in [0.1, 0.15) is 41.2 Å². The van der Waals surface area contributed by atoms with Crippen LogP contribution in [0.5, 0.6) is 0 Å². The number of aliphatic carboxylic acids is 1. The van der Waals surface area contributed by atoms with Crippen LogP contribution in [-0.4, -0.2) is 32.1 Å². The lowest BCUT2D eigenvalue weighted by atomic mass is 9.81. The summed E-state index contributed by atoms with van der Waals surface area (Å²) in [7, 11) is 0. The van der Waals surface area contributed by atoms with Crippen molar-refractivity contribution in [3.05, 3.63) is 65.0 Å². The number of hydrogen-bond acceptors (Lipinski definition) is 3. The number of nitrogens with zero attached hydrogens (tertiary/aromatic N) is 1. The number of nitrogens with one attached hydrogen (secondary N) is 1. The van der Waals surface area contributed by atoms with Gasteiger partial charge in [-0.3, -0.25) is 4.79 Å². The van der Waals surface area contributed by atoms with E-state index in [0.717, 1.165) is 6.42 Å². The summed E-state index contributed by atoms with van der Waals surface area (Å²) in [5, 5.41) is 19.1. The van der Waals surface area contributed by atoms with Crippen molar-refractivity contribution in [2.75, 3.05) is 0 Å². The van der Waals surface area contributed by atoms with Gasteiger partial charge in [0, 0.05) is 6.42 Å². The summed E-state index contributed by atoms with van der Waals surface area (Å²) < 4.78 is 0. The molecular formula is C20H20N2O4. The average Bonchev–Trinajstić information content (AvgIpc) is 3.02. The van der Waals surface area contributed by atoms with Crippen molar-refractivity contribution in [1.82, 2.24) is 9.97 Å². The van der Waals surface area contributed by atoms with Crippen LogP contribution in [-0.2, 0) is 23.1 Å². The molecule has 0 aliphatic rings. The normalized spacial score (nSPS) is 11.6. The summed E-state index contributed by atoms with van der Waals surface area (Å²) in [5.41, 5.74) is 0.913. The Hall–Kier alpha value is -3.15. The molecule has 0 saturated heterocycles. The zero-order valence-electron chi connectivity index (χ0n) is 14.6. The molecule has 0 amide bonds. The number of carboxylic acid groups (broad SMARTS) is 2. The molecule has 26 heavy (non-hydrogen) atoms. The maximum absolute atomic E-state index is 11.8. The molecule has 0 aliphatic heterocycles. The van der Waals surface area contributed by atoms with E-state index in [1.807, 2.05) is 30.3 Å². The van der Waals surface area contributed by atoms with Crippen LogP contribution >= 0.6 is 0 Å². The molecule has 0 unspecified atom stereocenters. The molecule has 6 nitrogen and oxygen atoms in total. The van der Waals surface area contributed by atoms with Gasteiger partial charge in [-0.15, -0.1) is 0 Å². The molecule has 0 bridgehead atoms. The molecule has 3 aromatic rings. The van der Waals surface area contributed by atoms with Crippen LogP contribution in [0.25, 0.3) is 11.0 Å². The number of rotatable bonds is 6. The van der Waals surface area contributed by atoms with E-state index in [1.54, 1.807) is 12.1 Å². The number of aromatic amines is 1. The zero-order valence-corrected chi connectivity index (χ0v) is 14.6. The van der Waals surface area contributed by atoms with E-state index in [4.69, 9.17) is 0 Å². The summed E-state index contributed by atoms with van der Waals surface area (Å²) >= 11 is 0. The number of hydrogen-bond donors (Lipinski definition) is 3. The van der Waals surface area contributed by atoms with Gasteiger partial charge in [-0.1, -0.05) is 36.4 Å². The first-order valence-corrected chi connectivity index (χ1v) is 8.33. The Balaban J connectivity index is 2.02. The number of benzene rings is 2. The molecule has 0 spiro atoms. The lowest BCUT2D eigenvalue weighted by Gasteiger charge is -2.21. The minimum atomic E-state index is -1.33. The summed E-state index contributed by atoms with van der Waals surface area (Å²) in [4.78, 5) is 31.0. The highest BCUT2D eigenvalue weighted by Crippen LogP contribution is 2.31. The maximum atomic E-state index is 11.8. The first kappa shape index (κ1) is 17.7. The molecule has 0 saturated carbocycles. The minimum Gasteiger partial charge on any atom is -0.481 e. The smallest absolute Gasteiger partial charge is 0.338 e. The van der Waals surface area contributed by atoms with E-state index >= 15 is 0 Å². The summed E-state index contributed by atoms with van der Waals surface area (Å²) in [5.74, 6) is -1.59. The Morgan fingerprint density at radius 2 is 1.73 bits per heavy atom. The van der Waals surface area contributed by atoms with Gasteiger partial charge in [-0.2, -0.15) is 0 Å². The molecule has 0 radical (unpaired) electrons. The third-order valence-corrected chi connectivity index (χ3v) is 4.62. The van der Waals surface area contributed by atoms with Crippen molar-refractivity contribution in [2.24, 2.45) is 0 Å². The Labute approximate surface area is 150 Å². The highest BCUT2D eigenvalue weighted by molar-refractivity contribution is 6.04. The van der Waals surface area contributed by atoms with Crippen molar-refractivity contribution < 1.29 is 19.8 Å². The van der Waals surface area contributed by atoms with Crippen LogP contribution < -0.4 is 0 Å². The Morgan fingerprint density at radius 1 is 1.04 bits per heavy atom. The van der Waals surface area contributed by atoms with Gasteiger partial charge in [-0.05, 0) is 37.5 Å². The fourth-order valence-corrected chi connectivity index (χ4v) is 3.00. The first-order chi connectivity index (χ1) is 12.3. The molecular weight excluding hydrogens is 332 g/mol. The number of carbonyl (C=O) groups is 2. The second-order valence-electron chi connectivity index (χ2n) is 6.79. The lowest BCUT2D eigenvalue weighted by molar-refractivity contribution is -0.142. The monoisotopic (exact) mass is 352 g/mol. The Morgan fingerprint density at radius 3 is 2.35 bits per heavy atom. The van der Waals surface area contributed by atoms with Gasteiger partial charge in [0.1, 0.15) is 11.3 Å². The van der Waals surface area contributed by atoms with Crippen LogP contribution in [0.2, 0.25) is 0 Å². The number of aryl methyl sites for hydroxylation is 2. The van der Waals surface area contributed by atoms with Crippen LogP contribution in [0.15, 0.2) is 42.5 Å². The van der Waals surface area contributed by atoms with E-state index in [2.05, 4.69) is 9.97 Å². The highest BCUT2D eigenvalue weighted by atomic mass is 16.4. The molecule has 0 fully saturated rings. The number of fused-ring (bicyclic) bond motifs is 1. The quantitative estimate of drug-likeness (QED) is 0.631. The molecule has 0 aliphatic carbocycles. The third kappa shape index (κ3) is 3.18. The maximum Gasteiger partial charge on any atom is 0.338 e. The predicted molar refractivity (Wildman–Crippen MR) is 97.6 cm³/mol. The van der Waals surface area contributed by atoms with Crippen molar-refractivity contribution in [1.29, 1.82) is 0 Å². The molecule has 3 rings (SSSR count). The van der Waals surface area contributed by atoms with Crippen molar-refractivity contribution in [2.45, 2.75) is 32.1 Å². The van der Waals surface area contributed by atoms with Crippen molar-refractivity contribution >= 4 is 23.0 Å². The van der Waals surface area contributed by atoms with Gasteiger partial charge in [0.05, 0.1) is 16.5 Å². The minimum absolute atomic E-state index is 0.0582. The summed E-state index contributed by atoms with van der Waals surface area (Å²) in [6.45, 7) is 2.98. The van der Waals surface area contributed by atoms with E-state index in [9.17, 15) is 19.8 Å². The van der Waals surface area contributed by atoms with Gasteiger partial charge < -0.3 is 15.2 Å². The van der Waals surface area contributed by atoms with Gasteiger partial charge in [-0.25, -0.2) is 9.78 Å². The SMILES string of the molecule is CC(C)(C(=O)O)c1ccc2[nH]c(CCc3ccccc3)nc2c1C(=O)O. The largest absolute Gasteiger partial charge is 0.481 e. The molecule has 2 aromatic carbocycles. The number of aromatic carboxylic acids is 1. The Bertz CT molecular complexity index is 974. The van der Waals surface area contributed by atoms with E-state index in [-0.39, 0.29) is 11.1 Å². The van der Waals surface area contributed by atoms with Crippen molar-refractivity contribution in [3.63, 3.8) is 0 Å². The van der Waals surface area contributed by atoms with Gasteiger partial charge >= 0.3 is 11.9 Å². The molecule has 0 atom stereocenters. The van der Waals surface area contributed by atoms with Crippen LogP contribution in [0.3, 0.4) is 0 Å². The predicted octanol–water partition coefficient (Wildman–Crippen LogP) is 3.41. The number of carboxylic acids is 2. The van der Waals surface area contributed by atoms with E-state index in [0.29, 0.717) is 23.3 Å². The number of H-pyrrole nitrogens is 1. The molecule has 1 heterocycles. The van der Waals surface area contributed by atoms with Gasteiger partial charge in [0.25, 0.3) is 0 Å². The molecule has 134 valence electrons. The molecule has 6 heteroatoms. The lowest BCUT2D eigenvalue weighted by Crippen LogP contribution is -2.30. The van der Waals surface area contributed by atoms with Crippen molar-refractivity contribution in [3.8, 4) is 0 Å². The third-order valence-electron chi connectivity index (χ3n) is 4.62. The van der Waals surface area contributed by atoms with E-state index < -0.39 is 17.4 Å².